The quantitative estimate of drug-likeness (QED) is 0.658. The maximum Gasteiger partial charge on any atom is 0.0711 e. The lowest BCUT2D eigenvalue weighted by atomic mass is 10.1. The molecule has 2 rings (SSSR count). The molecule has 0 saturated heterocycles. The van der Waals surface area contributed by atoms with E-state index in [1.54, 1.807) is 0 Å². The lowest BCUT2D eigenvalue weighted by Crippen LogP contribution is -1.86. The second-order valence-electron chi connectivity index (χ2n) is 3.38. The van der Waals surface area contributed by atoms with Crippen LogP contribution < -0.4 is 0 Å². The summed E-state index contributed by atoms with van der Waals surface area (Å²) in [5.74, 6) is 0. The summed E-state index contributed by atoms with van der Waals surface area (Å²) in [6, 6.07) is 10.3. The number of fused-ring (bicyclic) bond motifs is 1. The minimum atomic E-state index is 1.03. The third-order valence-electron chi connectivity index (χ3n) is 2.28. The van der Waals surface area contributed by atoms with Gasteiger partial charge in [-0.25, -0.2) is 4.98 Å². The lowest BCUT2D eigenvalue weighted by Gasteiger charge is -2.02. The minimum absolute atomic E-state index is 1.03. The molecule has 0 bridgehead atoms. The third kappa shape index (κ3) is 1.53. The summed E-state index contributed by atoms with van der Waals surface area (Å²) in [4.78, 5) is 4.54. The van der Waals surface area contributed by atoms with Crippen LogP contribution in [0.1, 0.15) is 18.2 Å². The average Bonchev–Trinajstić information content (AvgIpc) is 2.18. The summed E-state index contributed by atoms with van der Waals surface area (Å²) in [6.45, 7) is 4.13. The fourth-order valence-corrected chi connectivity index (χ4v) is 1.63. The van der Waals surface area contributed by atoms with Crippen molar-refractivity contribution >= 4 is 17.0 Å². The van der Waals surface area contributed by atoms with Gasteiger partial charge < -0.3 is 0 Å². The normalized spacial score (nSPS) is 11.3. The van der Waals surface area contributed by atoms with Crippen molar-refractivity contribution in [1.29, 1.82) is 0 Å². The van der Waals surface area contributed by atoms with Gasteiger partial charge in [-0.2, -0.15) is 0 Å². The molecule has 0 atom stereocenters. The topological polar surface area (TPSA) is 12.9 Å². The Morgan fingerprint density at radius 3 is 2.79 bits per heavy atom. The smallest absolute Gasteiger partial charge is 0.0711 e. The van der Waals surface area contributed by atoms with Crippen LogP contribution in [0.4, 0.5) is 0 Å². The summed E-state index contributed by atoms with van der Waals surface area (Å²) >= 11 is 0. The molecule has 0 aliphatic carbocycles. The van der Waals surface area contributed by atoms with Crippen LogP contribution in [0, 0.1) is 6.92 Å². The Morgan fingerprint density at radius 1 is 1.21 bits per heavy atom. The van der Waals surface area contributed by atoms with E-state index in [-0.39, 0.29) is 0 Å². The number of hydrogen-bond donors (Lipinski definition) is 0. The zero-order valence-electron chi connectivity index (χ0n) is 8.49. The van der Waals surface area contributed by atoms with E-state index in [1.165, 1.54) is 10.9 Å². The molecule has 0 amide bonds. The van der Waals surface area contributed by atoms with Crippen molar-refractivity contribution in [2.45, 2.75) is 13.8 Å². The van der Waals surface area contributed by atoms with Crippen molar-refractivity contribution in [3.8, 4) is 0 Å². The Hall–Kier alpha value is -1.63. The summed E-state index contributed by atoms with van der Waals surface area (Å²) in [5.41, 5.74) is 3.38. The highest BCUT2D eigenvalue weighted by molar-refractivity contribution is 5.83. The standard InChI is InChI=1S/C13H13N/c1-3-6-11-9-10(2)12-7-4-5-8-13(12)14-11/h3-9H,1-2H3. The number of aryl methyl sites for hydroxylation is 1. The van der Waals surface area contributed by atoms with E-state index < -0.39 is 0 Å². The van der Waals surface area contributed by atoms with E-state index in [4.69, 9.17) is 0 Å². The monoisotopic (exact) mass is 183 g/mol. The van der Waals surface area contributed by atoms with Crippen LogP contribution in [0.25, 0.3) is 17.0 Å². The maximum atomic E-state index is 4.54. The van der Waals surface area contributed by atoms with Gasteiger partial charge in [-0.3, -0.25) is 0 Å². The highest BCUT2D eigenvalue weighted by atomic mass is 14.7. The fourth-order valence-electron chi connectivity index (χ4n) is 1.63. The third-order valence-corrected chi connectivity index (χ3v) is 2.28. The molecule has 1 aromatic carbocycles. The molecule has 1 aromatic heterocycles. The molecule has 0 saturated carbocycles. The second kappa shape index (κ2) is 3.62. The zero-order valence-corrected chi connectivity index (χ0v) is 8.49. The van der Waals surface area contributed by atoms with Gasteiger partial charge in [0.2, 0.25) is 0 Å². The first-order valence-electron chi connectivity index (χ1n) is 4.80. The minimum Gasteiger partial charge on any atom is -0.248 e. The van der Waals surface area contributed by atoms with Crippen molar-refractivity contribution in [3.63, 3.8) is 0 Å². The van der Waals surface area contributed by atoms with Gasteiger partial charge in [0.25, 0.3) is 0 Å². The predicted molar refractivity (Wildman–Crippen MR) is 61.2 cm³/mol. The van der Waals surface area contributed by atoms with E-state index in [1.807, 2.05) is 31.2 Å². The first kappa shape index (κ1) is 8.95. The summed E-state index contributed by atoms with van der Waals surface area (Å²) in [6.07, 6.45) is 4.04. The van der Waals surface area contributed by atoms with Crippen LogP contribution in [-0.4, -0.2) is 4.98 Å². The van der Waals surface area contributed by atoms with Crippen molar-refractivity contribution in [2.24, 2.45) is 0 Å². The van der Waals surface area contributed by atoms with Gasteiger partial charge in [-0.05, 0) is 37.6 Å². The molecule has 0 spiro atoms. The maximum absolute atomic E-state index is 4.54. The van der Waals surface area contributed by atoms with Crippen LogP contribution in [0.15, 0.2) is 36.4 Å². The van der Waals surface area contributed by atoms with Crippen LogP contribution >= 0.6 is 0 Å². The Kier molecular flexibility index (Phi) is 2.32. The summed E-state index contributed by atoms with van der Waals surface area (Å²) in [5, 5.41) is 1.24. The number of pyridine rings is 1. The molecule has 1 nitrogen and oxygen atoms in total. The molecule has 0 aliphatic rings. The second-order valence-corrected chi connectivity index (χ2v) is 3.38. The van der Waals surface area contributed by atoms with E-state index in [2.05, 4.69) is 30.1 Å². The molecule has 1 heteroatoms. The van der Waals surface area contributed by atoms with Gasteiger partial charge in [-0.1, -0.05) is 24.3 Å². The Labute approximate surface area is 84.1 Å². The van der Waals surface area contributed by atoms with Gasteiger partial charge in [0.15, 0.2) is 0 Å². The summed E-state index contributed by atoms with van der Waals surface area (Å²) in [7, 11) is 0. The number of rotatable bonds is 1. The number of benzene rings is 1. The first-order valence-corrected chi connectivity index (χ1v) is 4.80. The van der Waals surface area contributed by atoms with E-state index in [0.29, 0.717) is 0 Å². The highest BCUT2D eigenvalue weighted by Crippen LogP contribution is 2.17. The number of aromatic nitrogens is 1. The van der Waals surface area contributed by atoms with Gasteiger partial charge in [0, 0.05) is 5.39 Å². The first-order chi connectivity index (χ1) is 6.81. The molecular weight excluding hydrogens is 170 g/mol. The fraction of sp³-hybridized carbons (Fsp3) is 0.154. The molecule has 70 valence electrons. The molecule has 2 aromatic rings. The number of nitrogens with zero attached hydrogens (tertiary/aromatic N) is 1. The average molecular weight is 183 g/mol. The Bertz CT molecular complexity index is 484. The SMILES string of the molecule is CC=Cc1cc(C)c2ccccc2n1. The molecule has 0 unspecified atom stereocenters. The van der Waals surface area contributed by atoms with E-state index in [0.717, 1.165) is 11.2 Å². The van der Waals surface area contributed by atoms with Crippen LogP contribution in [0.3, 0.4) is 0 Å². The highest BCUT2D eigenvalue weighted by Gasteiger charge is 1.98. The van der Waals surface area contributed by atoms with Crippen LogP contribution in [0.5, 0.6) is 0 Å². The van der Waals surface area contributed by atoms with Gasteiger partial charge in [0.1, 0.15) is 0 Å². The van der Waals surface area contributed by atoms with Crippen molar-refractivity contribution in [3.05, 3.63) is 47.7 Å². The largest absolute Gasteiger partial charge is 0.248 e. The molecule has 0 radical (unpaired) electrons. The van der Waals surface area contributed by atoms with E-state index >= 15 is 0 Å². The predicted octanol–water partition coefficient (Wildman–Crippen LogP) is 3.58. The van der Waals surface area contributed by atoms with E-state index in [9.17, 15) is 0 Å². The van der Waals surface area contributed by atoms with Crippen molar-refractivity contribution in [2.75, 3.05) is 0 Å². The lowest BCUT2D eigenvalue weighted by molar-refractivity contribution is 1.33. The van der Waals surface area contributed by atoms with Crippen LogP contribution in [0.2, 0.25) is 0 Å². The van der Waals surface area contributed by atoms with Crippen LogP contribution in [-0.2, 0) is 0 Å². The summed E-state index contributed by atoms with van der Waals surface area (Å²) < 4.78 is 0. The van der Waals surface area contributed by atoms with Gasteiger partial charge in [-0.15, -0.1) is 0 Å². The molecule has 1 heterocycles. The number of allylic oxidation sites excluding steroid dienone is 1. The Balaban J connectivity index is 2.72. The molecular formula is C13H13N. The Morgan fingerprint density at radius 2 is 2.00 bits per heavy atom. The molecule has 14 heavy (non-hydrogen) atoms. The van der Waals surface area contributed by atoms with Gasteiger partial charge >= 0.3 is 0 Å². The molecule has 0 fully saturated rings. The van der Waals surface area contributed by atoms with Crippen molar-refractivity contribution in [1.82, 2.24) is 4.98 Å². The molecule has 0 aliphatic heterocycles. The number of para-hydroxylation sites is 1. The van der Waals surface area contributed by atoms with Crippen molar-refractivity contribution < 1.29 is 0 Å². The number of hydrogen-bond acceptors (Lipinski definition) is 1. The molecule has 0 N–H and O–H groups in total. The van der Waals surface area contributed by atoms with Gasteiger partial charge in [0.05, 0.1) is 11.2 Å². The zero-order chi connectivity index (χ0) is 9.97.